The van der Waals surface area contributed by atoms with Crippen LogP contribution in [0.25, 0.3) is 65.4 Å². The third-order valence-corrected chi connectivity index (χ3v) is 7.37. The average Bonchev–Trinajstić information content (AvgIpc) is 3.53. The molecule has 0 spiro atoms. The zero-order valence-corrected chi connectivity index (χ0v) is 19.9. The lowest BCUT2D eigenvalue weighted by Gasteiger charge is -2.02. The summed E-state index contributed by atoms with van der Waals surface area (Å²) < 4.78 is 0. The van der Waals surface area contributed by atoms with Crippen LogP contribution >= 0.6 is 0 Å². The van der Waals surface area contributed by atoms with Crippen LogP contribution in [0.3, 0.4) is 0 Å². The Bertz CT molecular complexity index is 2140. The average molecular weight is 472 g/mol. The van der Waals surface area contributed by atoms with Crippen LogP contribution in [0, 0.1) is 0 Å². The van der Waals surface area contributed by atoms with E-state index in [-0.39, 0.29) is 17.3 Å². The van der Waals surface area contributed by atoms with E-state index in [0.717, 1.165) is 65.4 Å². The third kappa shape index (κ3) is 2.64. The topological polar surface area (TPSA) is 98.6 Å². The smallest absolute Gasteiger partial charge is 0.159 e. The van der Waals surface area contributed by atoms with Crippen LogP contribution in [0.2, 0.25) is 0 Å². The molecular weight excluding hydrogens is 450 g/mol. The first-order valence-electron chi connectivity index (χ1n) is 11.8. The third-order valence-electron chi connectivity index (χ3n) is 7.37. The molecule has 174 valence electrons. The first kappa shape index (κ1) is 20.6. The van der Waals surface area contributed by atoms with Crippen LogP contribution in [0.1, 0.15) is 51.8 Å². The minimum absolute atomic E-state index is 0.000409. The molecule has 4 aromatic carbocycles. The highest BCUT2D eigenvalue weighted by Gasteiger charge is 2.22. The van der Waals surface area contributed by atoms with E-state index in [2.05, 4.69) is 15.0 Å². The zero-order chi connectivity index (χ0) is 24.9. The molecule has 7 rings (SSSR count). The van der Waals surface area contributed by atoms with Crippen LogP contribution in [-0.2, 0) is 0 Å². The molecule has 0 bridgehead atoms. The molecule has 0 atom stereocenters. The van der Waals surface area contributed by atoms with Gasteiger partial charge < -0.3 is 15.0 Å². The zero-order valence-electron chi connectivity index (χ0n) is 19.9. The summed E-state index contributed by atoms with van der Waals surface area (Å²) in [5, 5.41) is 5.79. The number of nitrogens with one attached hydrogen (secondary N) is 3. The minimum atomic E-state index is -0.000409. The standard InChI is InChI=1S/C30H21N3O3/c1-13(34)16-4-7-22-19(10-16)25-26-20-11-17(14(2)35)5-8-23(20)32-29(26)30-27(28(25)31-22)21-12-18(15(3)36)6-9-24(21)33-30/h4-12,31-33H,1-3H3. The normalized spacial score (nSPS) is 12.1. The molecule has 0 aliphatic heterocycles. The highest BCUT2D eigenvalue weighted by molar-refractivity contribution is 6.39. The van der Waals surface area contributed by atoms with Crippen molar-refractivity contribution in [3.63, 3.8) is 0 Å². The van der Waals surface area contributed by atoms with E-state index >= 15 is 0 Å². The number of hydrogen-bond acceptors (Lipinski definition) is 3. The van der Waals surface area contributed by atoms with Crippen molar-refractivity contribution < 1.29 is 14.4 Å². The van der Waals surface area contributed by atoms with Crippen LogP contribution < -0.4 is 0 Å². The van der Waals surface area contributed by atoms with Gasteiger partial charge in [-0.1, -0.05) is 0 Å². The Balaban J connectivity index is 1.80. The summed E-state index contributed by atoms with van der Waals surface area (Å²) in [4.78, 5) is 47.4. The highest BCUT2D eigenvalue weighted by atomic mass is 16.1. The van der Waals surface area contributed by atoms with Crippen molar-refractivity contribution in [3.8, 4) is 0 Å². The second kappa shape index (κ2) is 6.92. The number of H-pyrrole nitrogens is 3. The number of fused-ring (bicyclic) bond motifs is 12. The van der Waals surface area contributed by atoms with Crippen molar-refractivity contribution in [1.82, 2.24) is 15.0 Å². The number of carbonyl (C=O) groups excluding carboxylic acids is 3. The van der Waals surface area contributed by atoms with Crippen LogP contribution in [0.4, 0.5) is 0 Å². The lowest BCUT2D eigenvalue weighted by Crippen LogP contribution is -1.90. The van der Waals surface area contributed by atoms with E-state index in [1.165, 1.54) is 0 Å². The Morgan fingerprint density at radius 2 is 0.806 bits per heavy atom. The lowest BCUT2D eigenvalue weighted by molar-refractivity contribution is 0.100. The number of ketones is 3. The first-order chi connectivity index (χ1) is 17.3. The van der Waals surface area contributed by atoms with E-state index in [1.54, 1.807) is 20.8 Å². The number of carbonyl (C=O) groups is 3. The van der Waals surface area contributed by atoms with Gasteiger partial charge in [0.2, 0.25) is 0 Å². The Labute approximate surface area is 204 Å². The molecule has 36 heavy (non-hydrogen) atoms. The summed E-state index contributed by atoms with van der Waals surface area (Å²) in [6.45, 7) is 4.71. The number of Topliss-reactive ketones (excluding diaryl/α,β-unsaturated/α-hetero) is 3. The van der Waals surface area contributed by atoms with Gasteiger partial charge in [0.15, 0.2) is 17.3 Å². The minimum Gasteiger partial charge on any atom is -0.354 e. The van der Waals surface area contributed by atoms with Gasteiger partial charge in [-0.25, -0.2) is 0 Å². The van der Waals surface area contributed by atoms with E-state index in [0.29, 0.717) is 16.7 Å². The van der Waals surface area contributed by atoms with Gasteiger partial charge in [0.1, 0.15) is 0 Å². The van der Waals surface area contributed by atoms with Crippen LogP contribution in [-0.4, -0.2) is 32.3 Å². The van der Waals surface area contributed by atoms with Gasteiger partial charge in [-0.15, -0.1) is 0 Å². The number of benzene rings is 4. The van der Waals surface area contributed by atoms with E-state index in [4.69, 9.17) is 0 Å². The molecule has 3 aromatic heterocycles. The van der Waals surface area contributed by atoms with Gasteiger partial charge in [-0.05, 0) is 75.4 Å². The molecule has 6 nitrogen and oxygen atoms in total. The highest BCUT2D eigenvalue weighted by Crippen LogP contribution is 2.44. The Hall–Kier alpha value is -4.71. The Kier molecular flexibility index (Phi) is 3.97. The van der Waals surface area contributed by atoms with Gasteiger partial charge in [-0.2, -0.15) is 0 Å². The van der Waals surface area contributed by atoms with Crippen LogP contribution in [0.15, 0.2) is 54.6 Å². The van der Waals surface area contributed by atoms with Crippen molar-refractivity contribution in [2.45, 2.75) is 20.8 Å². The number of aromatic nitrogens is 3. The van der Waals surface area contributed by atoms with Crippen molar-refractivity contribution in [2.24, 2.45) is 0 Å². The fraction of sp³-hybridized carbons (Fsp3) is 0.100. The maximum absolute atomic E-state index is 12.2. The van der Waals surface area contributed by atoms with Gasteiger partial charge >= 0.3 is 0 Å². The van der Waals surface area contributed by atoms with Gasteiger partial charge in [-0.3, -0.25) is 14.4 Å². The number of aromatic amines is 3. The molecule has 7 aromatic rings. The quantitative estimate of drug-likeness (QED) is 0.238. The Morgan fingerprint density at radius 1 is 0.472 bits per heavy atom. The monoisotopic (exact) mass is 471 g/mol. The molecule has 0 unspecified atom stereocenters. The van der Waals surface area contributed by atoms with Crippen molar-refractivity contribution in [2.75, 3.05) is 0 Å². The molecule has 6 heteroatoms. The van der Waals surface area contributed by atoms with E-state index in [1.807, 2.05) is 54.6 Å². The maximum atomic E-state index is 12.2. The summed E-state index contributed by atoms with van der Waals surface area (Å²) in [7, 11) is 0. The summed E-state index contributed by atoms with van der Waals surface area (Å²) >= 11 is 0. The molecule has 0 radical (unpaired) electrons. The SMILES string of the molecule is CC(=O)c1ccc2[nH]c3c4[nH]c5ccc(C(C)=O)cc5c4c4c5cc(C(C)=O)ccc5[nH]c4c3c2c1. The van der Waals surface area contributed by atoms with Gasteiger partial charge in [0.05, 0.1) is 16.6 Å². The second-order valence-corrected chi connectivity index (χ2v) is 9.57. The largest absolute Gasteiger partial charge is 0.354 e. The van der Waals surface area contributed by atoms with Crippen molar-refractivity contribution in [3.05, 3.63) is 71.3 Å². The summed E-state index contributed by atoms with van der Waals surface area (Å²) in [6.07, 6.45) is 0. The molecule has 0 fully saturated rings. The molecule has 0 amide bonds. The predicted molar refractivity (Wildman–Crippen MR) is 145 cm³/mol. The fourth-order valence-corrected chi connectivity index (χ4v) is 5.57. The van der Waals surface area contributed by atoms with Gasteiger partial charge in [0.25, 0.3) is 0 Å². The van der Waals surface area contributed by atoms with Crippen LogP contribution in [0.5, 0.6) is 0 Å². The summed E-state index contributed by atoms with van der Waals surface area (Å²) in [6, 6.07) is 17.1. The molecule has 0 saturated carbocycles. The first-order valence-corrected chi connectivity index (χ1v) is 11.8. The lowest BCUT2D eigenvalue weighted by atomic mass is 9.98. The molecule has 0 saturated heterocycles. The van der Waals surface area contributed by atoms with E-state index in [9.17, 15) is 14.4 Å². The Morgan fingerprint density at radius 3 is 1.22 bits per heavy atom. The second-order valence-electron chi connectivity index (χ2n) is 9.57. The number of rotatable bonds is 3. The molecule has 3 heterocycles. The number of hydrogen-bond donors (Lipinski definition) is 3. The molecule has 0 aliphatic rings. The molecular formula is C30H21N3O3. The van der Waals surface area contributed by atoms with Crippen molar-refractivity contribution >= 4 is 82.8 Å². The summed E-state index contributed by atoms with van der Waals surface area (Å²) in [5.41, 5.74) is 7.46. The molecule has 0 aliphatic carbocycles. The summed E-state index contributed by atoms with van der Waals surface area (Å²) in [5.74, 6) is 0.0111. The fourth-order valence-electron chi connectivity index (χ4n) is 5.57. The van der Waals surface area contributed by atoms with Crippen molar-refractivity contribution in [1.29, 1.82) is 0 Å². The maximum Gasteiger partial charge on any atom is 0.159 e. The molecule has 3 N–H and O–H groups in total. The predicted octanol–water partition coefficient (Wildman–Crippen LogP) is 7.20. The van der Waals surface area contributed by atoms with Gasteiger partial charge in [0, 0.05) is 65.6 Å². The van der Waals surface area contributed by atoms with E-state index < -0.39 is 0 Å².